The molecule has 2 heterocycles. The highest BCUT2D eigenvalue weighted by Crippen LogP contribution is 2.42. The number of fused-ring (bicyclic) bond motifs is 1. The number of anilines is 2. The van der Waals surface area contributed by atoms with Crippen molar-refractivity contribution >= 4 is 22.4 Å². The van der Waals surface area contributed by atoms with Crippen molar-refractivity contribution in [3.63, 3.8) is 0 Å². The number of ether oxygens (including phenoxy) is 3. The Morgan fingerprint density at radius 3 is 2.09 bits per heavy atom. The Morgan fingerprint density at radius 1 is 0.788 bits per heavy atom. The van der Waals surface area contributed by atoms with Gasteiger partial charge >= 0.3 is 0 Å². The Labute approximate surface area is 195 Å². The molecule has 5 rings (SSSR count). The predicted molar refractivity (Wildman–Crippen MR) is 131 cm³/mol. The third-order valence-electron chi connectivity index (χ3n) is 6.94. The van der Waals surface area contributed by atoms with Gasteiger partial charge in [0.15, 0.2) is 11.5 Å². The second-order valence-electron chi connectivity index (χ2n) is 9.05. The maximum absolute atomic E-state index is 5.59. The first-order valence-corrected chi connectivity index (χ1v) is 11.7. The molecule has 0 bridgehead atoms. The molecular weight excluding hydrogens is 416 g/mol. The summed E-state index contributed by atoms with van der Waals surface area (Å²) < 4.78 is 16.7. The van der Waals surface area contributed by atoms with Gasteiger partial charge in [0.05, 0.1) is 32.5 Å². The molecule has 1 aliphatic carbocycles. The van der Waals surface area contributed by atoms with Crippen LogP contribution in [0.15, 0.2) is 36.4 Å². The number of hydrogen-bond acceptors (Lipinski definition) is 7. The summed E-state index contributed by atoms with van der Waals surface area (Å²) >= 11 is 0. The SMILES string of the molecule is COc1cc2nc(C3CC(C)C3)nc(N3CCN(c4ccccc4OC)CC3)c2cc1OC. The second kappa shape index (κ2) is 8.96. The summed E-state index contributed by atoms with van der Waals surface area (Å²) in [5.74, 6) is 5.44. The number of methoxy groups -OCH3 is 3. The first-order chi connectivity index (χ1) is 16.1. The summed E-state index contributed by atoms with van der Waals surface area (Å²) in [6.07, 6.45) is 2.31. The van der Waals surface area contributed by atoms with Crippen LogP contribution in [-0.2, 0) is 0 Å². The number of aromatic nitrogens is 2. The number of nitrogens with zero attached hydrogens (tertiary/aromatic N) is 4. The summed E-state index contributed by atoms with van der Waals surface area (Å²) in [5.41, 5.74) is 2.06. The van der Waals surface area contributed by atoms with E-state index in [9.17, 15) is 0 Å². The van der Waals surface area contributed by atoms with Gasteiger partial charge in [-0.2, -0.15) is 0 Å². The summed E-state index contributed by atoms with van der Waals surface area (Å²) in [7, 11) is 5.06. The lowest BCUT2D eigenvalue weighted by Crippen LogP contribution is -2.47. The summed E-state index contributed by atoms with van der Waals surface area (Å²) in [5, 5.41) is 1.01. The average Bonchev–Trinajstić information content (AvgIpc) is 2.85. The van der Waals surface area contributed by atoms with Gasteiger partial charge in [-0.15, -0.1) is 0 Å². The number of para-hydroxylation sites is 2. The van der Waals surface area contributed by atoms with Crippen LogP contribution >= 0.6 is 0 Å². The topological polar surface area (TPSA) is 60.0 Å². The van der Waals surface area contributed by atoms with E-state index < -0.39 is 0 Å². The third-order valence-corrected chi connectivity index (χ3v) is 6.94. The molecule has 2 aliphatic rings. The Bertz CT molecular complexity index is 1140. The Hall–Kier alpha value is -3.22. The minimum atomic E-state index is 0.436. The summed E-state index contributed by atoms with van der Waals surface area (Å²) in [6, 6.07) is 12.2. The van der Waals surface area contributed by atoms with Crippen molar-refractivity contribution in [3.05, 3.63) is 42.2 Å². The van der Waals surface area contributed by atoms with Crippen LogP contribution in [0, 0.1) is 5.92 Å². The third kappa shape index (κ3) is 4.01. The number of benzene rings is 2. The van der Waals surface area contributed by atoms with Gasteiger partial charge < -0.3 is 24.0 Å². The molecule has 2 aromatic carbocycles. The van der Waals surface area contributed by atoms with E-state index >= 15 is 0 Å². The smallest absolute Gasteiger partial charge is 0.162 e. The molecule has 3 aromatic rings. The molecule has 7 nitrogen and oxygen atoms in total. The molecule has 7 heteroatoms. The maximum Gasteiger partial charge on any atom is 0.162 e. The Balaban J connectivity index is 1.48. The highest BCUT2D eigenvalue weighted by atomic mass is 16.5. The maximum atomic E-state index is 5.59. The minimum Gasteiger partial charge on any atom is -0.495 e. The van der Waals surface area contributed by atoms with E-state index in [0.29, 0.717) is 17.4 Å². The van der Waals surface area contributed by atoms with Crippen molar-refractivity contribution in [1.82, 2.24) is 9.97 Å². The molecule has 0 amide bonds. The van der Waals surface area contributed by atoms with Gasteiger partial charge in [0.1, 0.15) is 17.4 Å². The first-order valence-electron chi connectivity index (χ1n) is 11.7. The number of rotatable bonds is 6. The van der Waals surface area contributed by atoms with Gasteiger partial charge in [-0.3, -0.25) is 0 Å². The fraction of sp³-hybridized carbons (Fsp3) is 0.462. The molecule has 0 spiro atoms. The van der Waals surface area contributed by atoms with E-state index in [1.54, 1.807) is 21.3 Å². The molecule has 1 saturated carbocycles. The van der Waals surface area contributed by atoms with Gasteiger partial charge in [0, 0.05) is 43.5 Å². The molecule has 1 aliphatic heterocycles. The van der Waals surface area contributed by atoms with E-state index in [1.165, 1.54) is 0 Å². The van der Waals surface area contributed by atoms with E-state index in [-0.39, 0.29) is 0 Å². The molecule has 0 radical (unpaired) electrons. The van der Waals surface area contributed by atoms with Crippen molar-refractivity contribution in [2.45, 2.75) is 25.7 Å². The second-order valence-corrected chi connectivity index (χ2v) is 9.05. The average molecular weight is 449 g/mol. The minimum absolute atomic E-state index is 0.436. The number of hydrogen-bond donors (Lipinski definition) is 0. The summed E-state index contributed by atoms with van der Waals surface area (Å²) in [4.78, 5) is 14.8. The predicted octanol–water partition coefficient (Wildman–Crippen LogP) is 4.50. The van der Waals surface area contributed by atoms with Crippen LogP contribution in [0.2, 0.25) is 0 Å². The molecule has 1 aromatic heterocycles. The molecule has 0 atom stereocenters. The van der Waals surface area contributed by atoms with E-state index in [0.717, 1.165) is 78.9 Å². The van der Waals surface area contributed by atoms with Crippen LogP contribution in [0.5, 0.6) is 17.2 Å². The zero-order chi connectivity index (χ0) is 22.9. The largest absolute Gasteiger partial charge is 0.495 e. The molecule has 0 N–H and O–H groups in total. The van der Waals surface area contributed by atoms with Crippen LogP contribution in [0.25, 0.3) is 10.9 Å². The van der Waals surface area contributed by atoms with Gasteiger partial charge in [0.2, 0.25) is 0 Å². The van der Waals surface area contributed by atoms with Crippen molar-refractivity contribution < 1.29 is 14.2 Å². The van der Waals surface area contributed by atoms with Gasteiger partial charge in [-0.1, -0.05) is 19.1 Å². The lowest BCUT2D eigenvalue weighted by Gasteiger charge is -2.38. The zero-order valence-corrected chi connectivity index (χ0v) is 19.9. The lowest BCUT2D eigenvalue weighted by atomic mass is 9.75. The fourth-order valence-electron chi connectivity index (χ4n) is 5.04. The van der Waals surface area contributed by atoms with Crippen molar-refractivity contribution in [2.24, 2.45) is 5.92 Å². The van der Waals surface area contributed by atoms with E-state index in [2.05, 4.69) is 28.9 Å². The molecule has 2 fully saturated rings. The van der Waals surface area contributed by atoms with E-state index in [4.69, 9.17) is 24.2 Å². The van der Waals surface area contributed by atoms with Gasteiger partial charge in [0.25, 0.3) is 0 Å². The van der Waals surface area contributed by atoms with Crippen LogP contribution in [0.3, 0.4) is 0 Å². The van der Waals surface area contributed by atoms with Crippen molar-refractivity contribution in [2.75, 3.05) is 57.3 Å². The van der Waals surface area contributed by atoms with Crippen molar-refractivity contribution in [1.29, 1.82) is 0 Å². The Morgan fingerprint density at radius 2 is 1.42 bits per heavy atom. The Kier molecular flexibility index (Phi) is 5.87. The van der Waals surface area contributed by atoms with Gasteiger partial charge in [-0.05, 0) is 37.0 Å². The van der Waals surface area contributed by atoms with Crippen LogP contribution in [0.1, 0.15) is 31.5 Å². The highest BCUT2D eigenvalue weighted by Gasteiger charge is 2.31. The molecule has 0 unspecified atom stereocenters. The lowest BCUT2D eigenvalue weighted by molar-refractivity contribution is 0.278. The molecular formula is C26H32N4O3. The van der Waals surface area contributed by atoms with E-state index in [1.807, 2.05) is 24.3 Å². The van der Waals surface area contributed by atoms with Gasteiger partial charge in [-0.25, -0.2) is 9.97 Å². The van der Waals surface area contributed by atoms with Crippen LogP contribution < -0.4 is 24.0 Å². The number of piperazine rings is 1. The van der Waals surface area contributed by atoms with Crippen molar-refractivity contribution in [3.8, 4) is 17.2 Å². The molecule has 1 saturated heterocycles. The van der Waals surface area contributed by atoms with Crippen LogP contribution in [-0.4, -0.2) is 57.5 Å². The summed E-state index contributed by atoms with van der Waals surface area (Å²) in [6.45, 7) is 5.84. The first kappa shape index (κ1) is 21.6. The molecule has 174 valence electrons. The molecule has 33 heavy (non-hydrogen) atoms. The quantitative estimate of drug-likeness (QED) is 0.550. The highest BCUT2D eigenvalue weighted by molar-refractivity contribution is 5.92. The standard InChI is InChI=1S/C26H32N4O3/c1-17-13-18(14-17)25-27-20-16-24(33-4)23(32-3)15-19(20)26(28-25)30-11-9-29(10-12-30)21-7-5-6-8-22(21)31-2/h5-8,15-18H,9-14H2,1-4H3. The monoisotopic (exact) mass is 448 g/mol. The van der Waals surface area contributed by atoms with Crippen LogP contribution in [0.4, 0.5) is 11.5 Å². The normalized spacial score (nSPS) is 20.5. The fourth-order valence-corrected chi connectivity index (χ4v) is 5.04. The zero-order valence-electron chi connectivity index (χ0n) is 19.9.